The van der Waals surface area contributed by atoms with Crippen LogP contribution in [0.2, 0.25) is 0 Å². The summed E-state index contributed by atoms with van der Waals surface area (Å²) in [5.74, 6) is 0.963. The van der Waals surface area contributed by atoms with Crippen LogP contribution in [0, 0.1) is 6.92 Å². The van der Waals surface area contributed by atoms with E-state index in [0.29, 0.717) is 6.04 Å². The molecule has 0 heterocycles. The van der Waals surface area contributed by atoms with E-state index in [2.05, 4.69) is 31.3 Å². The summed E-state index contributed by atoms with van der Waals surface area (Å²) < 4.78 is 10.5. The summed E-state index contributed by atoms with van der Waals surface area (Å²) in [4.78, 5) is 0. The third-order valence-electron chi connectivity index (χ3n) is 3.33. The fourth-order valence-corrected chi connectivity index (χ4v) is 2.17. The van der Waals surface area contributed by atoms with Crippen molar-refractivity contribution >= 4 is 0 Å². The number of unbranched alkanes of at least 4 members (excludes halogenated alkanes) is 2. The molecule has 1 aromatic rings. The Kier molecular flexibility index (Phi) is 7.53. The number of nitrogens with one attached hydrogen (secondary N) is 1. The molecule has 0 fully saturated rings. The zero-order valence-corrected chi connectivity index (χ0v) is 12.7. The molecule has 1 N–H and O–H groups in total. The monoisotopic (exact) mass is 265 g/mol. The van der Waals surface area contributed by atoms with Gasteiger partial charge in [0.1, 0.15) is 5.75 Å². The Morgan fingerprint density at radius 3 is 2.63 bits per heavy atom. The Morgan fingerprint density at radius 1 is 1.16 bits per heavy atom. The van der Waals surface area contributed by atoms with Crippen LogP contribution in [0.15, 0.2) is 18.2 Å². The Bertz CT molecular complexity index is 366. The molecule has 0 amide bonds. The lowest BCUT2D eigenvalue weighted by molar-refractivity contribution is 0.192. The highest BCUT2D eigenvalue weighted by Crippen LogP contribution is 2.25. The second kappa shape index (κ2) is 8.94. The topological polar surface area (TPSA) is 30.5 Å². The predicted octanol–water partition coefficient (Wildman–Crippen LogP) is 3.47. The number of rotatable bonds is 9. The molecule has 0 saturated carbocycles. The zero-order chi connectivity index (χ0) is 14.1. The highest BCUT2D eigenvalue weighted by molar-refractivity contribution is 5.38. The summed E-state index contributed by atoms with van der Waals surface area (Å²) >= 11 is 0. The molecule has 1 atom stereocenters. The van der Waals surface area contributed by atoms with Crippen molar-refractivity contribution in [2.24, 2.45) is 0 Å². The second-order valence-corrected chi connectivity index (χ2v) is 4.97. The standard InChI is InChI=1S/C16H27NO2/c1-13-8-9-16(19-4)15(12-13)14(2)17-10-6-5-7-11-18-3/h8-9,12,14,17H,5-7,10-11H2,1-4H3. The Morgan fingerprint density at radius 2 is 1.95 bits per heavy atom. The van der Waals surface area contributed by atoms with Gasteiger partial charge in [-0.3, -0.25) is 0 Å². The van der Waals surface area contributed by atoms with E-state index in [1.54, 1.807) is 14.2 Å². The lowest BCUT2D eigenvalue weighted by Crippen LogP contribution is -2.20. The summed E-state index contributed by atoms with van der Waals surface area (Å²) in [6.07, 6.45) is 3.53. The van der Waals surface area contributed by atoms with Gasteiger partial charge in [-0.05, 0) is 45.7 Å². The number of ether oxygens (including phenoxy) is 2. The molecule has 19 heavy (non-hydrogen) atoms. The first-order valence-electron chi connectivity index (χ1n) is 7.06. The van der Waals surface area contributed by atoms with Crippen molar-refractivity contribution in [3.8, 4) is 5.75 Å². The summed E-state index contributed by atoms with van der Waals surface area (Å²) in [6.45, 7) is 6.19. The lowest BCUT2D eigenvalue weighted by Gasteiger charge is -2.18. The van der Waals surface area contributed by atoms with E-state index in [-0.39, 0.29) is 0 Å². The van der Waals surface area contributed by atoms with Crippen LogP contribution in [0.5, 0.6) is 5.75 Å². The fraction of sp³-hybridized carbons (Fsp3) is 0.625. The molecule has 0 aliphatic heterocycles. The Balaban J connectivity index is 2.40. The molecule has 0 aliphatic carbocycles. The van der Waals surface area contributed by atoms with Gasteiger partial charge in [0.15, 0.2) is 0 Å². The summed E-state index contributed by atoms with van der Waals surface area (Å²) in [5.41, 5.74) is 2.50. The Labute approximate surface area is 117 Å². The molecular weight excluding hydrogens is 238 g/mol. The molecule has 0 aliphatic rings. The summed E-state index contributed by atoms with van der Waals surface area (Å²) in [6, 6.07) is 6.64. The van der Waals surface area contributed by atoms with Gasteiger partial charge in [0, 0.05) is 25.3 Å². The third-order valence-corrected chi connectivity index (χ3v) is 3.33. The average Bonchev–Trinajstić information content (AvgIpc) is 2.42. The van der Waals surface area contributed by atoms with Crippen molar-refractivity contribution in [2.75, 3.05) is 27.4 Å². The minimum Gasteiger partial charge on any atom is -0.496 e. The normalized spacial score (nSPS) is 12.4. The molecule has 1 unspecified atom stereocenters. The summed E-state index contributed by atoms with van der Waals surface area (Å²) in [7, 11) is 3.48. The maximum Gasteiger partial charge on any atom is 0.123 e. The van der Waals surface area contributed by atoms with Gasteiger partial charge in [0.25, 0.3) is 0 Å². The average molecular weight is 265 g/mol. The smallest absolute Gasteiger partial charge is 0.123 e. The van der Waals surface area contributed by atoms with E-state index in [1.165, 1.54) is 24.0 Å². The molecule has 0 saturated heterocycles. The molecule has 0 bridgehead atoms. The highest BCUT2D eigenvalue weighted by atomic mass is 16.5. The highest BCUT2D eigenvalue weighted by Gasteiger charge is 2.10. The van der Waals surface area contributed by atoms with Crippen LogP contribution in [-0.2, 0) is 4.74 Å². The first-order valence-corrected chi connectivity index (χ1v) is 7.06. The first kappa shape index (κ1) is 16.0. The van der Waals surface area contributed by atoms with Crippen molar-refractivity contribution in [3.63, 3.8) is 0 Å². The Hall–Kier alpha value is -1.06. The number of hydrogen-bond acceptors (Lipinski definition) is 3. The SMILES string of the molecule is COCCCCCNC(C)c1cc(C)ccc1OC. The maximum atomic E-state index is 5.42. The number of hydrogen-bond donors (Lipinski definition) is 1. The lowest BCUT2D eigenvalue weighted by atomic mass is 10.0. The van der Waals surface area contributed by atoms with Gasteiger partial charge in [0.05, 0.1) is 7.11 Å². The quantitative estimate of drug-likeness (QED) is 0.693. The van der Waals surface area contributed by atoms with Crippen LogP contribution in [-0.4, -0.2) is 27.4 Å². The largest absolute Gasteiger partial charge is 0.496 e. The molecule has 1 rings (SSSR count). The third kappa shape index (κ3) is 5.62. The predicted molar refractivity (Wildman–Crippen MR) is 79.9 cm³/mol. The minimum atomic E-state index is 0.317. The molecular formula is C16H27NO2. The molecule has 3 nitrogen and oxygen atoms in total. The molecule has 0 spiro atoms. The van der Waals surface area contributed by atoms with Gasteiger partial charge in [-0.15, -0.1) is 0 Å². The van der Waals surface area contributed by atoms with E-state index in [1.807, 2.05) is 6.07 Å². The van der Waals surface area contributed by atoms with Crippen LogP contribution in [0.4, 0.5) is 0 Å². The fourth-order valence-electron chi connectivity index (χ4n) is 2.17. The number of aryl methyl sites for hydroxylation is 1. The number of methoxy groups -OCH3 is 2. The van der Waals surface area contributed by atoms with Crippen LogP contribution < -0.4 is 10.1 Å². The van der Waals surface area contributed by atoms with Crippen LogP contribution in [0.3, 0.4) is 0 Å². The van der Waals surface area contributed by atoms with E-state index in [4.69, 9.17) is 9.47 Å². The van der Waals surface area contributed by atoms with E-state index in [9.17, 15) is 0 Å². The van der Waals surface area contributed by atoms with Crippen molar-refractivity contribution < 1.29 is 9.47 Å². The van der Waals surface area contributed by atoms with Gasteiger partial charge >= 0.3 is 0 Å². The van der Waals surface area contributed by atoms with Gasteiger partial charge in [-0.1, -0.05) is 17.7 Å². The summed E-state index contributed by atoms with van der Waals surface area (Å²) in [5, 5.41) is 3.56. The molecule has 108 valence electrons. The van der Waals surface area contributed by atoms with Crippen molar-refractivity contribution in [1.82, 2.24) is 5.32 Å². The second-order valence-electron chi connectivity index (χ2n) is 4.97. The molecule has 0 aromatic heterocycles. The molecule has 1 aromatic carbocycles. The first-order chi connectivity index (χ1) is 9.19. The van der Waals surface area contributed by atoms with Crippen LogP contribution in [0.1, 0.15) is 43.4 Å². The van der Waals surface area contributed by atoms with E-state index < -0.39 is 0 Å². The van der Waals surface area contributed by atoms with Gasteiger partial charge in [-0.25, -0.2) is 0 Å². The van der Waals surface area contributed by atoms with Crippen LogP contribution in [0.25, 0.3) is 0 Å². The molecule has 3 heteroatoms. The van der Waals surface area contributed by atoms with E-state index >= 15 is 0 Å². The zero-order valence-electron chi connectivity index (χ0n) is 12.7. The minimum absolute atomic E-state index is 0.317. The van der Waals surface area contributed by atoms with Gasteiger partial charge in [-0.2, -0.15) is 0 Å². The van der Waals surface area contributed by atoms with Gasteiger partial charge < -0.3 is 14.8 Å². The van der Waals surface area contributed by atoms with Crippen molar-refractivity contribution in [2.45, 2.75) is 39.2 Å². The van der Waals surface area contributed by atoms with Crippen molar-refractivity contribution in [1.29, 1.82) is 0 Å². The van der Waals surface area contributed by atoms with Crippen LogP contribution >= 0.6 is 0 Å². The van der Waals surface area contributed by atoms with E-state index in [0.717, 1.165) is 25.3 Å². The molecule has 0 radical (unpaired) electrons. The van der Waals surface area contributed by atoms with Crippen molar-refractivity contribution in [3.05, 3.63) is 29.3 Å². The number of benzene rings is 1. The van der Waals surface area contributed by atoms with Gasteiger partial charge in [0.2, 0.25) is 0 Å². The maximum absolute atomic E-state index is 5.42.